The second kappa shape index (κ2) is 13.6. The zero-order valence-electron chi connectivity index (χ0n) is 15.0. The normalized spacial score (nSPS) is 18.9. The topological polar surface area (TPSA) is 46.5 Å². The molecule has 0 amide bonds. The van der Waals surface area contributed by atoms with Crippen LogP contribution in [0.3, 0.4) is 0 Å². The minimum absolute atomic E-state index is 0.129. The fourth-order valence-corrected chi connectivity index (χ4v) is 3.18. The molecule has 0 radical (unpaired) electrons. The third-order valence-corrected chi connectivity index (χ3v) is 4.61. The Morgan fingerprint density at radius 3 is 2.17 bits per heavy atom. The summed E-state index contributed by atoms with van der Waals surface area (Å²) in [5.41, 5.74) is 0. The number of ether oxygens (including phenoxy) is 1. The van der Waals surface area contributed by atoms with Crippen molar-refractivity contribution in [1.82, 2.24) is 0 Å². The van der Waals surface area contributed by atoms with Crippen LogP contribution in [0.25, 0.3) is 0 Å². The Morgan fingerprint density at radius 2 is 1.61 bits per heavy atom. The third kappa shape index (κ3) is 11.4. The Morgan fingerprint density at radius 1 is 1.04 bits per heavy atom. The lowest BCUT2D eigenvalue weighted by atomic mass is 10.0. The van der Waals surface area contributed by atoms with E-state index in [0.717, 1.165) is 19.3 Å². The number of rotatable bonds is 14. The summed E-state index contributed by atoms with van der Waals surface area (Å²) in [4.78, 5) is 11.1. The van der Waals surface area contributed by atoms with Crippen LogP contribution in [0.15, 0.2) is 12.2 Å². The molecule has 0 bridgehead atoms. The van der Waals surface area contributed by atoms with Crippen LogP contribution in [0.5, 0.6) is 0 Å². The van der Waals surface area contributed by atoms with Crippen molar-refractivity contribution in [2.45, 2.75) is 109 Å². The summed E-state index contributed by atoms with van der Waals surface area (Å²) in [6, 6.07) is 0. The summed E-state index contributed by atoms with van der Waals surface area (Å²) >= 11 is 0. The van der Waals surface area contributed by atoms with E-state index in [1.165, 1.54) is 70.3 Å². The van der Waals surface area contributed by atoms with Crippen LogP contribution in [-0.2, 0) is 9.53 Å². The number of hydrogen-bond donors (Lipinski definition) is 1. The van der Waals surface area contributed by atoms with Crippen LogP contribution in [0.2, 0.25) is 0 Å². The number of aliphatic hydroxyl groups excluding tert-OH is 1. The fourth-order valence-electron chi connectivity index (χ4n) is 3.18. The highest BCUT2D eigenvalue weighted by Crippen LogP contribution is 2.17. The lowest BCUT2D eigenvalue weighted by Gasteiger charge is -2.21. The average molecular weight is 325 g/mol. The highest BCUT2D eigenvalue weighted by atomic mass is 16.5. The van der Waals surface area contributed by atoms with Gasteiger partial charge in [-0.25, -0.2) is 4.79 Å². The molecule has 134 valence electrons. The van der Waals surface area contributed by atoms with E-state index in [2.05, 4.69) is 6.92 Å². The van der Waals surface area contributed by atoms with Crippen molar-refractivity contribution >= 4 is 5.97 Å². The predicted octanol–water partition coefficient (Wildman–Crippen LogP) is 5.31. The molecule has 1 aliphatic rings. The lowest BCUT2D eigenvalue weighted by molar-refractivity contribution is -0.145. The zero-order valence-corrected chi connectivity index (χ0v) is 15.0. The summed E-state index contributed by atoms with van der Waals surface area (Å²) in [5, 5.41) is 10.0. The molecule has 1 heterocycles. The number of carbonyl (C=O) groups is 1. The maximum absolute atomic E-state index is 11.1. The quantitative estimate of drug-likeness (QED) is 0.348. The molecule has 0 aromatic rings. The van der Waals surface area contributed by atoms with Gasteiger partial charge in [-0.15, -0.1) is 0 Å². The van der Waals surface area contributed by atoms with E-state index in [4.69, 9.17) is 4.74 Å². The van der Waals surface area contributed by atoms with Crippen LogP contribution in [0, 0.1) is 0 Å². The van der Waals surface area contributed by atoms with Crippen molar-refractivity contribution < 1.29 is 14.6 Å². The Balaban J connectivity index is 1.85. The van der Waals surface area contributed by atoms with Crippen molar-refractivity contribution in [3.05, 3.63) is 12.2 Å². The number of carbonyl (C=O) groups excluding carboxylic acids is 1. The van der Waals surface area contributed by atoms with Gasteiger partial charge < -0.3 is 9.84 Å². The summed E-state index contributed by atoms with van der Waals surface area (Å²) in [5.74, 6) is -0.275. The molecule has 0 saturated heterocycles. The van der Waals surface area contributed by atoms with E-state index in [9.17, 15) is 9.90 Å². The average Bonchev–Trinajstić information content (AvgIpc) is 2.52. The van der Waals surface area contributed by atoms with E-state index in [-0.39, 0.29) is 18.2 Å². The van der Waals surface area contributed by atoms with Gasteiger partial charge in [0.25, 0.3) is 0 Å². The monoisotopic (exact) mass is 324 g/mol. The highest BCUT2D eigenvalue weighted by molar-refractivity contribution is 5.82. The molecule has 3 nitrogen and oxygen atoms in total. The number of esters is 1. The van der Waals surface area contributed by atoms with E-state index in [1.54, 1.807) is 0 Å². The Hall–Kier alpha value is -0.830. The Kier molecular flexibility index (Phi) is 11.9. The molecule has 1 aliphatic heterocycles. The van der Waals surface area contributed by atoms with Gasteiger partial charge in [0, 0.05) is 18.9 Å². The van der Waals surface area contributed by atoms with Gasteiger partial charge in [0.2, 0.25) is 0 Å². The largest absolute Gasteiger partial charge is 0.459 e. The van der Waals surface area contributed by atoms with Crippen molar-refractivity contribution in [3.63, 3.8) is 0 Å². The van der Waals surface area contributed by atoms with Gasteiger partial charge in [0.05, 0.1) is 6.10 Å². The SMILES string of the molecule is CCCCCCCCCCCCC[C@@H](O)C[C@H]1CC=CC(=O)O1. The third-order valence-electron chi connectivity index (χ3n) is 4.61. The van der Waals surface area contributed by atoms with E-state index < -0.39 is 0 Å². The molecule has 3 heteroatoms. The maximum Gasteiger partial charge on any atom is 0.330 e. The first kappa shape index (κ1) is 20.2. The van der Waals surface area contributed by atoms with Gasteiger partial charge in [0.15, 0.2) is 0 Å². The number of aliphatic hydroxyl groups is 1. The summed E-state index contributed by atoms with van der Waals surface area (Å²) in [6.45, 7) is 2.26. The first-order valence-electron chi connectivity index (χ1n) is 9.77. The lowest BCUT2D eigenvalue weighted by Crippen LogP contribution is -2.25. The van der Waals surface area contributed by atoms with Gasteiger partial charge in [0.1, 0.15) is 6.10 Å². The summed E-state index contributed by atoms with van der Waals surface area (Å²) in [6.07, 6.45) is 19.5. The van der Waals surface area contributed by atoms with Crippen LogP contribution >= 0.6 is 0 Å². The first-order valence-corrected chi connectivity index (χ1v) is 9.77. The van der Waals surface area contributed by atoms with Crippen LogP contribution in [0.4, 0.5) is 0 Å². The van der Waals surface area contributed by atoms with Crippen molar-refractivity contribution in [1.29, 1.82) is 0 Å². The van der Waals surface area contributed by atoms with Crippen molar-refractivity contribution in [2.75, 3.05) is 0 Å². The molecule has 1 N–H and O–H groups in total. The molecule has 2 atom stereocenters. The van der Waals surface area contributed by atoms with E-state index in [1.807, 2.05) is 6.08 Å². The molecule has 0 unspecified atom stereocenters. The molecular weight excluding hydrogens is 288 g/mol. The van der Waals surface area contributed by atoms with E-state index in [0.29, 0.717) is 6.42 Å². The summed E-state index contributed by atoms with van der Waals surface area (Å²) in [7, 11) is 0. The Bertz CT molecular complexity index is 325. The fraction of sp³-hybridized carbons (Fsp3) is 0.850. The molecule has 0 saturated carbocycles. The molecule has 0 aromatic heterocycles. The molecular formula is C20H36O3. The first-order chi connectivity index (χ1) is 11.2. The Labute approximate surface area is 142 Å². The van der Waals surface area contributed by atoms with Gasteiger partial charge in [-0.2, -0.15) is 0 Å². The minimum Gasteiger partial charge on any atom is -0.459 e. The predicted molar refractivity (Wildman–Crippen MR) is 95.3 cm³/mol. The van der Waals surface area contributed by atoms with Gasteiger partial charge in [-0.3, -0.25) is 0 Å². The molecule has 23 heavy (non-hydrogen) atoms. The highest BCUT2D eigenvalue weighted by Gasteiger charge is 2.19. The minimum atomic E-state index is -0.335. The van der Waals surface area contributed by atoms with E-state index >= 15 is 0 Å². The second-order valence-electron chi connectivity index (χ2n) is 6.91. The summed E-state index contributed by atoms with van der Waals surface area (Å²) < 4.78 is 5.18. The standard InChI is InChI=1S/C20H36O3/c1-2-3-4-5-6-7-8-9-10-11-12-14-18(21)17-19-15-13-16-20(22)23-19/h13,16,18-19,21H,2-12,14-15,17H2,1H3/t18-,19-/m1/s1. The smallest absolute Gasteiger partial charge is 0.330 e. The van der Waals surface area contributed by atoms with Crippen molar-refractivity contribution in [3.8, 4) is 0 Å². The van der Waals surface area contributed by atoms with Gasteiger partial charge in [-0.1, -0.05) is 83.6 Å². The van der Waals surface area contributed by atoms with Crippen molar-refractivity contribution in [2.24, 2.45) is 0 Å². The van der Waals surface area contributed by atoms with Crippen LogP contribution in [0.1, 0.15) is 96.8 Å². The van der Waals surface area contributed by atoms with Crippen LogP contribution in [-0.4, -0.2) is 23.3 Å². The second-order valence-corrected chi connectivity index (χ2v) is 6.91. The molecule has 0 aliphatic carbocycles. The molecule has 0 spiro atoms. The molecule has 1 rings (SSSR count). The number of hydrogen-bond acceptors (Lipinski definition) is 3. The van der Waals surface area contributed by atoms with Gasteiger partial charge >= 0.3 is 5.97 Å². The van der Waals surface area contributed by atoms with Gasteiger partial charge in [-0.05, 0) is 6.42 Å². The van der Waals surface area contributed by atoms with Crippen LogP contribution < -0.4 is 0 Å². The maximum atomic E-state index is 11.1. The zero-order chi connectivity index (χ0) is 16.8. The number of unbranched alkanes of at least 4 members (excludes halogenated alkanes) is 10. The molecule has 0 aromatic carbocycles. The molecule has 0 fully saturated rings. The number of cyclic esters (lactones) is 1.